The maximum atomic E-state index is 12.8. The van der Waals surface area contributed by atoms with Gasteiger partial charge in [0.25, 0.3) is 0 Å². The molecule has 2 saturated carbocycles. The van der Waals surface area contributed by atoms with Gasteiger partial charge in [0.2, 0.25) is 5.91 Å². The molecule has 1 amide bonds. The zero-order chi connectivity index (χ0) is 15.8. The van der Waals surface area contributed by atoms with Crippen LogP contribution in [0.4, 0.5) is 0 Å². The number of benzene rings is 1. The minimum absolute atomic E-state index is 0.177. The Morgan fingerprint density at radius 2 is 2.00 bits per heavy atom. The van der Waals surface area contributed by atoms with Gasteiger partial charge in [-0.25, -0.2) is 9.67 Å². The van der Waals surface area contributed by atoms with Crippen LogP contribution in [0.15, 0.2) is 36.7 Å². The van der Waals surface area contributed by atoms with Gasteiger partial charge in [0.05, 0.1) is 0 Å². The van der Waals surface area contributed by atoms with Crippen molar-refractivity contribution in [3.05, 3.63) is 36.7 Å². The predicted octanol–water partition coefficient (Wildman–Crippen LogP) is 2.73. The first kappa shape index (κ1) is 14.4. The lowest BCUT2D eigenvalue weighted by atomic mass is 10.1. The van der Waals surface area contributed by atoms with E-state index in [4.69, 9.17) is 0 Å². The van der Waals surface area contributed by atoms with Gasteiger partial charge in [-0.05, 0) is 38.5 Å². The van der Waals surface area contributed by atoms with Crippen molar-refractivity contribution in [2.75, 3.05) is 0 Å². The highest BCUT2D eigenvalue weighted by molar-refractivity contribution is 5.77. The molecular formula is C18H22N4O. The van der Waals surface area contributed by atoms with Gasteiger partial charge in [0.15, 0.2) is 5.82 Å². The number of carbonyl (C=O) groups is 1. The van der Waals surface area contributed by atoms with Gasteiger partial charge in [-0.2, -0.15) is 5.10 Å². The van der Waals surface area contributed by atoms with Crippen molar-refractivity contribution >= 4 is 5.91 Å². The second kappa shape index (κ2) is 5.80. The van der Waals surface area contributed by atoms with E-state index in [9.17, 15) is 4.79 Å². The highest BCUT2D eigenvalue weighted by Gasteiger charge is 2.41. The minimum Gasteiger partial charge on any atom is -0.335 e. The smallest absolute Gasteiger partial charge is 0.244 e. The Labute approximate surface area is 136 Å². The van der Waals surface area contributed by atoms with E-state index in [1.54, 1.807) is 11.0 Å². The molecule has 120 valence electrons. The summed E-state index contributed by atoms with van der Waals surface area (Å²) in [6, 6.07) is 10.7. The van der Waals surface area contributed by atoms with Gasteiger partial charge in [-0.15, -0.1) is 0 Å². The van der Waals surface area contributed by atoms with E-state index in [-0.39, 0.29) is 12.5 Å². The molecule has 0 saturated heterocycles. The van der Waals surface area contributed by atoms with Crippen LogP contribution in [0, 0.1) is 5.92 Å². The summed E-state index contributed by atoms with van der Waals surface area (Å²) in [6.07, 6.45) is 6.48. The number of hydrogen-bond acceptors (Lipinski definition) is 3. The summed E-state index contributed by atoms with van der Waals surface area (Å²) in [4.78, 5) is 19.2. The molecule has 1 heterocycles. The standard InChI is InChI=1S/C18H22N4O/c1-13(14-7-8-14)22(16-9-10-16)17(23)11-21-12-19-18(20-21)15-5-3-2-4-6-15/h2-6,12-14,16H,7-11H2,1H3/t13-/m1/s1. The van der Waals surface area contributed by atoms with Gasteiger partial charge < -0.3 is 4.90 Å². The van der Waals surface area contributed by atoms with Crippen LogP contribution in [0.3, 0.4) is 0 Å². The van der Waals surface area contributed by atoms with Crippen LogP contribution in [0.5, 0.6) is 0 Å². The highest BCUT2D eigenvalue weighted by Crippen LogP contribution is 2.39. The Hall–Kier alpha value is -2.17. The maximum Gasteiger partial charge on any atom is 0.244 e. The van der Waals surface area contributed by atoms with Crippen LogP contribution in [-0.4, -0.2) is 37.7 Å². The van der Waals surface area contributed by atoms with Crippen molar-refractivity contribution < 1.29 is 4.79 Å². The van der Waals surface area contributed by atoms with Crippen LogP contribution < -0.4 is 0 Å². The van der Waals surface area contributed by atoms with E-state index in [1.807, 2.05) is 30.3 Å². The lowest BCUT2D eigenvalue weighted by Crippen LogP contribution is -2.43. The van der Waals surface area contributed by atoms with Gasteiger partial charge >= 0.3 is 0 Å². The monoisotopic (exact) mass is 310 g/mol. The quantitative estimate of drug-likeness (QED) is 0.824. The summed E-state index contributed by atoms with van der Waals surface area (Å²) in [5.74, 6) is 1.55. The molecule has 0 spiro atoms. The SMILES string of the molecule is C[C@H](C1CC1)N(C(=O)Cn1cnc(-c2ccccc2)n1)C1CC1. The second-order valence-electron chi connectivity index (χ2n) is 6.74. The van der Waals surface area contributed by atoms with Gasteiger partial charge in [-0.1, -0.05) is 30.3 Å². The molecule has 2 aliphatic carbocycles. The van der Waals surface area contributed by atoms with E-state index >= 15 is 0 Å². The summed E-state index contributed by atoms with van der Waals surface area (Å²) < 4.78 is 1.67. The van der Waals surface area contributed by atoms with E-state index in [0.717, 1.165) is 18.4 Å². The predicted molar refractivity (Wildman–Crippen MR) is 87.5 cm³/mol. The number of rotatable bonds is 6. The molecule has 2 aromatic rings. The number of carbonyl (C=O) groups excluding carboxylic acids is 1. The van der Waals surface area contributed by atoms with Crippen molar-refractivity contribution in [2.45, 2.75) is 51.2 Å². The summed E-state index contributed by atoms with van der Waals surface area (Å²) >= 11 is 0. The fourth-order valence-corrected chi connectivity index (χ4v) is 3.23. The Kier molecular flexibility index (Phi) is 3.63. The molecule has 0 radical (unpaired) electrons. The lowest BCUT2D eigenvalue weighted by molar-refractivity contribution is -0.135. The zero-order valence-corrected chi connectivity index (χ0v) is 13.4. The van der Waals surface area contributed by atoms with Crippen molar-refractivity contribution in [3.63, 3.8) is 0 Å². The second-order valence-corrected chi connectivity index (χ2v) is 6.74. The van der Waals surface area contributed by atoms with Crippen LogP contribution in [0.25, 0.3) is 11.4 Å². The summed E-state index contributed by atoms with van der Waals surface area (Å²) in [5.41, 5.74) is 0.976. The summed E-state index contributed by atoms with van der Waals surface area (Å²) in [5, 5.41) is 4.46. The Morgan fingerprint density at radius 1 is 1.26 bits per heavy atom. The van der Waals surface area contributed by atoms with Crippen LogP contribution in [-0.2, 0) is 11.3 Å². The molecular weight excluding hydrogens is 288 g/mol. The number of amides is 1. The zero-order valence-electron chi connectivity index (χ0n) is 13.4. The first-order valence-electron chi connectivity index (χ1n) is 8.48. The maximum absolute atomic E-state index is 12.8. The molecule has 1 atom stereocenters. The third-order valence-corrected chi connectivity index (χ3v) is 4.84. The molecule has 0 aliphatic heterocycles. The molecule has 23 heavy (non-hydrogen) atoms. The van der Waals surface area contributed by atoms with Gasteiger partial charge in [0.1, 0.15) is 12.9 Å². The van der Waals surface area contributed by atoms with E-state index in [2.05, 4.69) is 21.9 Å². The fraction of sp³-hybridized carbons (Fsp3) is 0.500. The molecule has 5 heteroatoms. The van der Waals surface area contributed by atoms with Crippen LogP contribution in [0.2, 0.25) is 0 Å². The van der Waals surface area contributed by atoms with Crippen LogP contribution in [0.1, 0.15) is 32.6 Å². The number of aromatic nitrogens is 3. The van der Waals surface area contributed by atoms with E-state index in [1.165, 1.54) is 12.8 Å². The third kappa shape index (κ3) is 3.14. The normalized spacial score (nSPS) is 18.7. The fourth-order valence-electron chi connectivity index (χ4n) is 3.23. The number of nitrogens with zero attached hydrogens (tertiary/aromatic N) is 4. The Balaban J connectivity index is 1.46. The largest absolute Gasteiger partial charge is 0.335 e. The molecule has 2 fully saturated rings. The molecule has 1 aromatic heterocycles. The molecule has 0 unspecified atom stereocenters. The molecule has 0 N–H and O–H groups in total. The molecule has 1 aromatic carbocycles. The topological polar surface area (TPSA) is 51.0 Å². The van der Waals surface area contributed by atoms with E-state index < -0.39 is 0 Å². The highest BCUT2D eigenvalue weighted by atomic mass is 16.2. The van der Waals surface area contributed by atoms with Crippen molar-refractivity contribution in [2.24, 2.45) is 5.92 Å². The summed E-state index contributed by atoms with van der Waals surface area (Å²) in [6.45, 7) is 2.48. The average Bonchev–Trinajstić information content (AvgIpc) is 3.47. The Morgan fingerprint density at radius 3 is 2.65 bits per heavy atom. The first-order chi connectivity index (χ1) is 11.2. The first-order valence-corrected chi connectivity index (χ1v) is 8.48. The van der Waals surface area contributed by atoms with Crippen molar-refractivity contribution in [3.8, 4) is 11.4 Å². The van der Waals surface area contributed by atoms with Crippen molar-refractivity contribution in [1.29, 1.82) is 0 Å². The number of hydrogen-bond donors (Lipinski definition) is 0. The molecule has 0 bridgehead atoms. The van der Waals surface area contributed by atoms with Gasteiger partial charge in [-0.3, -0.25) is 4.79 Å². The minimum atomic E-state index is 0.177. The van der Waals surface area contributed by atoms with Crippen molar-refractivity contribution in [1.82, 2.24) is 19.7 Å². The van der Waals surface area contributed by atoms with Gasteiger partial charge in [0, 0.05) is 17.6 Å². The third-order valence-electron chi connectivity index (χ3n) is 4.84. The summed E-state index contributed by atoms with van der Waals surface area (Å²) in [7, 11) is 0. The average molecular weight is 310 g/mol. The molecule has 5 nitrogen and oxygen atoms in total. The molecule has 2 aliphatic rings. The Bertz CT molecular complexity index is 688. The lowest BCUT2D eigenvalue weighted by Gasteiger charge is -2.29. The van der Waals surface area contributed by atoms with Crippen LogP contribution >= 0.6 is 0 Å². The van der Waals surface area contributed by atoms with E-state index in [0.29, 0.717) is 23.8 Å². The molecule has 4 rings (SSSR count).